The van der Waals surface area contributed by atoms with Gasteiger partial charge in [0.1, 0.15) is 5.75 Å². The number of carbonyl (C=O) groups is 1. The Labute approximate surface area is 121 Å². The summed E-state index contributed by atoms with van der Waals surface area (Å²) in [6.07, 6.45) is 1.69. The zero-order chi connectivity index (χ0) is 14.4. The molecular formula is C15H13ClN2O2. The minimum absolute atomic E-state index is 0.172. The van der Waals surface area contributed by atoms with Gasteiger partial charge in [-0.3, -0.25) is 4.79 Å². The first-order chi connectivity index (χ1) is 9.65. The van der Waals surface area contributed by atoms with Gasteiger partial charge in [0.2, 0.25) is 5.91 Å². The molecule has 2 rings (SSSR count). The molecule has 0 radical (unpaired) electrons. The van der Waals surface area contributed by atoms with E-state index in [1.165, 1.54) is 18.3 Å². The summed E-state index contributed by atoms with van der Waals surface area (Å²) in [5, 5.41) is 13.6. The molecular weight excluding hydrogens is 276 g/mol. The Morgan fingerprint density at radius 2 is 1.90 bits per heavy atom. The summed E-state index contributed by atoms with van der Waals surface area (Å²) in [4.78, 5) is 11.7. The number of rotatable bonds is 4. The van der Waals surface area contributed by atoms with Gasteiger partial charge in [0, 0.05) is 10.6 Å². The number of nitrogens with one attached hydrogen (secondary N) is 1. The van der Waals surface area contributed by atoms with Crippen molar-refractivity contribution in [2.45, 2.75) is 6.42 Å². The van der Waals surface area contributed by atoms with Crippen LogP contribution in [0.2, 0.25) is 5.02 Å². The van der Waals surface area contributed by atoms with Gasteiger partial charge in [-0.15, -0.1) is 0 Å². The van der Waals surface area contributed by atoms with Crippen LogP contribution in [0, 0.1) is 0 Å². The van der Waals surface area contributed by atoms with E-state index in [1.54, 1.807) is 24.3 Å². The Hall–Kier alpha value is -2.33. The maximum atomic E-state index is 11.7. The van der Waals surface area contributed by atoms with Crippen LogP contribution in [-0.2, 0) is 11.2 Å². The molecule has 0 aliphatic heterocycles. The highest BCUT2D eigenvalue weighted by Crippen LogP contribution is 2.12. The number of phenolic OH excluding ortho intramolecular Hbond substituents is 1. The number of benzene rings is 2. The third kappa shape index (κ3) is 4.10. The summed E-state index contributed by atoms with van der Waals surface area (Å²) in [6.45, 7) is 0. The van der Waals surface area contributed by atoms with E-state index < -0.39 is 0 Å². The highest BCUT2D eigenvalue weighted by Gasteiger charge is 2.02. The lowest BCUT2D eigenvalue weighted by Crippen LogP contribution is -2.19. The van der Waals surface area contributed by atoms with E-state index in [2.05, 4.69) is 10.5 Å². The lowest BCUT2D eigenvalue weighted by molar-refractivity contribution is -0.120. The second kappa shape index (κ2) is 6.73. The van der Waals surface area contributed by atoms with Crippen LogP contribution in [-0.4, -0.2) is 17.2 Å². The number of halogens is 1. The van der Waals surface area contributed by atoms with E-state index in [0.717, 1.165) is 11.1 Å². The zero-order valence-electron chi connectivity index (χ0n) is 10.6. The summed E-state index contributed by atoms with van der Waals surface area (Å²) < 4.78 is 0. The number of hydrogen-bond donors (Lipinski definition) is 2. The largest absolute Gasteiger partial charge is 0.508 e. The highest BCUT2D eigenvalue weighted by atomic mass is 35.5. The number of carbonyl (C=O) groups excluding carboxylic acids is 1. The van der Waals surface area contributed by atoms with Crippen LogP contribution in [0.1, 0.15) is 11.1 Å². The van der Waals surface area contributed by atoms with Crippen molar-refractivity contribution >= 4 is 23.7 Å². The molecule has 0 bridgehead atoms. The Bertz CT molecular complexity index is 624. The highest BCUT2D eigenvalue weighted by molar-refractivity contribution is 6.33. The molecule has 0 aromatic heterocycles. The van der Waals surface area contributed by atoms with E-state index in [9.17, 15) is 4.79 Å². The average molecular weight is 289 g/mol. The fourth-order valence-corrected chi connectivity index (χ4v) is 1.78. The van der Waals surface area contributed by atoms with Gasteiger partial charge in [-0.1, -0.05) is 41.9 Å². The molecule has 0 saturated carbocycles. The van der Waals surface area contributed by atoms with Crippen molar-refractivity contribution in [3.05, 3.63) is 64.7 Å². The predicted octanol–water partition coefficient (Wildman–Crippen LogP) is 2.74. The molecule has 2 N–H and O–H groups in total. The number of nitrogens with zero attached hydrogens (tertiary/aromatic N) is 1. The van der Waals surface area contributed by atoms with Gasteiger partial charge in [0.15, 0.2) is 0 Å². The van der Waals surface area contributed by atoms with Gasteiger partial charge in [-0.05, 0) is 23.8 Å². The summed E-state index contributed by atoms with van der Waals surface area (Å²) in [6, 6.07) is 13.7. The van der Waals surface area contributed by atoms with Crippen molar-refractivity contribution in [1.82, 2.24) is 5.43 Å². The van der Waals surface area contributed by atoms with Crippen LogP contribution in [0.15, 0.2) is 53.6 Å². The van der Waals surface area contributed by atoms with Gasteiger partial charge in [0.25, 0.3) is 0 Å². The van der Waals surface area contributed by atoms with Crippen LogP contribution in [0.4, 0.5) is 0 Å². The van der Waals surface area contributed by atoms with E-state index in [4.69, 9.17) is 16.7 Å². The topological polar surface area (TPSA) is 61.7 Å². The van der Waals surface area contributed by atoms with Crippen LogP contribution < -0.4 is 5.43 Å². The maximum absolute atomic E-state index is 11.7. The predicted molar refractivity (Wildman–Crippen MR) is 79.0 cm³/mol. The number of amides is 1. The van der Waals surface area contributed by atoms with E-state index in [0.29, 0.717) is 5.02 Å². The second-order valence-corrected chi connectivity index (χ2v) is 4.57. The fraction of sp³-hybridized carbons (Fsp3) is 0.0667. The quantitative estimate of drug-likeness (QED) is 0.671. The average Bonchev–Trinajstić information content (AvgIpc) is 2.43. The van der Waals surface area contributed by atoms with Gasteiger partial charge in [0.05, 0.1) is 12.6 Å². The second-order valence-electron chi connectivity index (χ2n) is 4.16. The first-order valence-electron chi connectivity index (χ1n) is 5.99. The molecule has 4 nitrogen and oxygen atoms in total. The van der Waals surface area contributed by atoms with Gasteiger partial charge < -0.3 is 5.11 Å². The molecule has 0 spiro atoms. The van der Waals surface area contributed by atoms with Crippen molar-refractivity contribution in [3.8, 4) is 5.75 Å². The molecule has 2 aromatic carbocycles. The van der Waals surface area contributed by atoms with Crippen molar-refractivity contribution < 1.29 is 9.90 Å². The van der Waals surface area contributed by atoms with Gasteiger partial charge >= 0.3 is 0 Å². The normalized spacial score (nSPS) is 10.7. The summed E-state index contributed by atoms with van der Waals surface area (Å²) in [5.41, 5.74) is 3.97. The summed E-state index contributed by atoms with van der Waals surface area (Å²) >= 11 is 5.96. The third-order valence-electron chi connectivity index (χ3n) is 2.60. The van der Waals surface area contributed by atoms with Crippen LogP contribution in [0.3, 0.4) is 0 Å². The monoisotopic (exact) mass is 288 g/mol. The molecule has 0 fully saturated rings. The van der Waals surface area contributed by atoms with Crippen molar-refractivity contribution in [1.29, 1.82) is 0 Å². The molecule has 0 aliphatic carbocycles. The molecule has 0 unspecified atom stereocenters. The number of hydrogen-bond acceptors (Lipinski definition) is 3. The minimum Gasteiger partial charge on any atom is -0.508 e. The summed E-state index contributed by atoms with van der Waals surface area (Å²) in [5.74, 6) is -0.0649. The van der Waals surface area contributed by atoms with Gasteiger partial charge in [-0.25, -0.2) is 5.43 Å². The van der Waals surface area contributed by atoms with Crippen LogP contribution in [0.5, 0.6) is 5.75 Å². The molecule has 0 aliphatic rings. The smallest absolute Gasteiger partial charge is 0.244 e. The summed E-state index contributed by atoms with van der Waals surface area (Å²) in [7, 11) is 0. The molecule has 0 saturated heterocycles. The minimum atomic E-state index is -0.237. The van der Waals surface area contributed by atoms with E-state index in [1.807, 2.05) is 12.1 Å². The number of phenols is 1. The molecule has 102 valence electrons. The van der Waals surface area contributed by atoms with Crippen molar-refractivity contribution in [2.75, 3.05) is 0 Å². The molecule has 0 heterocycles. The molecule has 0 atom stereocenters. The lowest BCUT2D eigenvalue weighted by atomic mass is 10.1. The standard InChI is InChI=1S/C15H13ClN2O2/c16-14-4-2-1-3-12(14)10-17-18-15(20)9-11-5-7-13(19)8-6-11/h1-8,10,19H,9H2,(H,18,20)/b17-10-. The number of aromatic hydroxyl groups is 1. The Morgan fingerprint density at radius 3 is 2.60 bits per heavy atom. The van der Waals surface area contributed by atoms with E-state index >= 15 is 0 Å². The van der Waals surface area contributed by atoms with Crippen LogP contribution in [0.25, 0.3) is 0 Å². The molecule has 2 aromatic rings. The van der Waals surface area contributed by atoms with Crippen LogP contribution >= 0.6 is 11.6 Å². The third-order valence-corrected chi connectivity index (χ3v) is 2.94. The first kappa shape index (κ1) is 14.1. The Kier molecular flexibility index (Phi) is 4.74. The molecule has 5 heteroatoms. The zero-order valence-corrected chi connectivity index (χ0v) is 11.3. The maximum Gasteiger partial charge on any atom is 0.244 e. The number of hydrazone groups is 1. The SMILES string of the molecule is O=C(Cc1ccc(O)cc1)N/N=C\c1ccccc1Cl. The van der Waals surface area contributed by atoms with Gasteiger partial charge in [-0.2, -0.15) is 5.10 Å². The molecule has 20 heavy (non-hydrogen) atoms. The Morgan fingerprint density at radius 1 is 1.20 bits per heavy atom. The fourth-order valence-electron chi connectivity index (χ4n) is 1.59. The first-order valence-corrected chi connectivity index (χ1v) is 6.37. The van der Waals surface area contributed by atoms with E-state index in [-0.39, 0.29) is 18.1 Å². The molecule has 1 amide bonds. The Balaban J connectivity index is 1.89. The van der Waals surface area contributed by atoms with Crippen molar-refractivity contribution in [2.24, 2.45) is 5.10 Å². The lowest BCUT2D eigenvalue weighted by Gasteiger charge is -2.01. The van der Waals surface area contributed by atoms with Crippen molar-refractivity contribution in [3.63, 3.8) is 0 Å².